The second kappa shape index (κ2) is 12.5. The van der Waals surface area contributed by atoms with Crippen LogP contribution in [0.25, 0.3) is 0 Å². The summed E-state index contributed by atoms with van der Waals surface area (Å²) in [6.45, 7) is 0.302. The average Bonchev–Trinajstić information content (AvgIpc) is 2.91. The molecule has 0 aliphatic heterocycles. The van der Waals surface area contributed by atoms with E-state index in [1.165, 1.54) is 19.5 Å². The van der Waals surface area contributed by atoms with Gasteiger partial charge in [-0.25, -0.2) is 4.79 Å². The number of pyridine rings is 1. The first-order valence-corrected chi connectivity index (χ1v) is 13.0. The van der Waals surface area contributed by atoms with E-state index in [0.29, 0.717) is 34.2 Å². The number of para-hydroxylation sites is 1. The first kappa shape index (κ1) is 28.4. The molecule has 39 heavy (non-hydrogen) atoms. The van der Waals surface area contributed by atoms with E-state index in [4.69, 9.17) is 44.3 Å². The number of carboxylic acids is 1. The number of carboxylic acid groups (broad SMARTS) is 1. The van der Waals surface area contributed by atoms with E-state index in [1.54, 1.807) is 31.4 Å². The third-order valence-corrected chi connectivity index (χ3v) is 7.39. The molecule has 0 aliphatic carbocycles. The number of methoxy groups -OCH3 is 2. The summed E-state index contributed by atoms with van der Waals surface area (Å²) in [7, 11) is 3.08. The van der Waals surface area contributed by atoms with Gasteiger partial charge in [0.2, 0.25) is 12.4 Å². The highest BCUT2D eigenvalue weighted by molar-refractivity contribution is 6.35. The molecule has 3 N–H and O–H groups in total. The zero-order valence-electron chi connectivity index (χ0n) is 21.1. The molecule has 10 heteroatoms. The number of hydrogen-bond donors (Lipinski definition) is 3. The van der Waals surface area contributed by atoms with Crippen LogP contribution in [0.15, 0.2) is 73.1 Å². The molecule has 4 aromatic rings. The Labute approximate surface area is 241 Å². The number of hydrogen-bond acceptors (Lipinski definition) is 5. The van der Waals surface area contributed by atoms with Crippen LogP contribution in [0.2, 0.25) is 15.1 Å². The second-order valence-corrected chi connectivity index (χ2v) is 9.92. The second-order valence-electron chi connectivity index (χ2n) is 8.70. The number of carbonyl (C=O) groups is 1. The van der Waals surface area contributed by atoms with Gasteiger partial charge in [0, 0.05) is 22.8 Å². The highest BCUT2D eigenvalue weighted by Gasteiger charge is 2.28. The summed E-state index contributed by atoms with van der Waals surface area (Å²) in [6.07, 6.45) is 2.90. The van der Waals surface area contributed by atoms with Crippen LogP contribution in [-0.4, -0.2) is 30.5 Å². The largest absolute Gasteiger partial charge is 0.493 e. The molecule has 1 atom stereocenters. The topological polar surface area (TPSA) is 91.9 Å². The summed E-state index contributed by atoms with van der Waals surface area (Å²) in [5, 5.41) is 24.5. The van der Waals surface area contributed by atoms with Gasteiger partial charge in [0.1, 0.15) is 10.0 Å². The van der Waals surface area contributed by atoms with Crippen molar-refractivity contribution in [1.29, 1.82) is 0 Å². The molecule has 1 aromatic heterocycles. The van der Waals surface area contributed by atoms with Crippen LogP contribution in [-0.2, 0) is 13.0 Å². The van der Waals surface area contributed by atoms with E-state index >= 15 is 0 Å². The summed E-state index contributed by atoms with van der Waals surface area (Å²) in [5.41, 5.74) is 3.48. The lowest BCUT2D eigenvalue weighted by molar-refractivity contribution is -0.904. The van der Waals surface area contributed by atoms with Crippen molar-refractivity contribution >= 4 is 46.5 Å². The van der Waals surface area contributed by atoms with Gasteiger partial charge in [-0.1, -0.05) is 65.1 Å². The monoisotopic (exact) mass is 587 g/mol. The molecule has 0 spiro atoms. The highest BCUT2D eigenvalue weighted by atomic mass is 35.5. The van der Waals surface area contributed by atoms with E-state index in [-0.39, 0.29) is 22.0 Å². The Hall–Kier alpha value is -3.65. The third-order valence-electron chi connectivity index (χ3n) is 6.40. The Kier molecular flexibility index (Phi) is 9.07. The van der Waals surface area contributed by atoms with E-state index in [2.05, 4.69) is 5.32 Å². The minimum Gasteiger partial charge on any atom is -0.493 e. The molecule has 0 unspecified atom stereocenters. The van der Waals surface area contributed by atoms with E-state index in [9.17, 15) is 15.1 Å². The zero-order valence-corrected chi connectivity index (χ0v) is 23.4. The Morgan fingerprint density at radius 1 is 0.923 bits per heavy atom. The first-order chi connectivity index (χ1) is 18.7. The standard InChI is InChI=1S/C29H25Cl3N2O5/c1-38-26-11-10-17(12-27(26)39-2)20(13-21-23(31)15-34(37)16-24(21)32)28-18(6-5-7-19(28)29(35)36)14-33-25-9-4-3-8-22(25)30/h3-12,15-16,20,33H,13-14H2,1-2H3,(H-,35,36,37)/p+1/t20-/m0/s1. The van der Waals surface area contributed by atoms with Crippen molar-refractivity contribution < 1.29 is 29.3 Å². The van der Waals surface area contributed by atoms with Gasteiger partial charge in [-0.15, -0.1) is 0 Å². The molecule has 0 saturated heterocycles. The fraction of sp³-hybridized carbons (Fsp3) is 0.172. The Bertz CT molecular complexity index is 1490. The van der Waals surface area contributed by atoms with Crippen molar-refractivity contribution in [2.45, 2.75) is 18.9 Å². The molecule has 1 heterocycles. The van der Waals surface area contributed by atoms with Crippen LogP contribution >= 0.6 is 34.8 Å². The molecule has 0 radical (unpaired) electrons. The normalized spacial score (nSPS) is 11.6. The molecular weight excluding hydrogens is 563 g/mol. The number of benzene rings is 3. The number of aromatic carboxylic acids is 1. The Morgan fingerprint density at radius 3 is 2.26 bits per heavy atom. The zero-order chi connectivity index (χ0) is 28.1. The molecule has 0 amide bonds. The summed E-state index contributed by atoms with van der Waals surface area (Å²) < 4.78 is 11.7. The maximum atomic E-state index is 12.5. The fourth-order valence-electron chi connectivity index (χ4n) is 4.55. The number of rotatable bonds is 10. The van der Waals surface area contributed by atoms with Gasteiger partial charge in [0.05, 0.1) is 30.5 Å². The van der Waals surface area contributed by atoms with Gasteiger partial charge < -0.3 is 19.9 Å². The van der Waals surface area contributed by atoms with Crippen LogP contribution in [0.5, 0.6) is 11.5 Å². The lowest BCUT2D eigenvalue weighted by Crippen LogP contribution is -2.29. The number of ether oxygens (including phenoxy) is 2. The molecule has 4 rings (SSSR count). The minimum absolute atomic E-state index is 0.133. The van der Waals surface area contributed by atoms with Crippen LogP contribution < -0.4 is 19.5 Å². The summed E-state index contributed by atoms with van der Waals surface area (Å²) in [5.74, 6) is -0.579. The maximum absolute atomic E-state index is 12.5. The predicted molar refractivity (Wildman–Crippen MR) is 151 cm³/mol. The summed E-state index contributed by atoms with van der Waals surface area (Å²) >= 11 is 19.4. The number of anilines is 1. The van der Waals surface area contributed by atoms with Crippen molar-refractivity contribution in [2.75, 3.05) is 19.5 Å². The first-order valence-electron chi connectivity index (χ1n) is 11.9. The summed E-state index contributed by atoms with van der Waals surface area (Å²) in [6, 6.07) is 17.9. The van der Waals surface area contributed by atoms with E-state index in [1.807, 2.05) is 36.4 Å². The third kappa shape index (κ3) is 6.33. The van der Waals surface area contributed by atoms with Crippen molar-refractivity contribution in [3.8, 4) is 11.5 Å². The van der Waals surface area contributed by atoms with Crippen molar-refractivity contribution in [2.24, 2.45) is 0 Å². The number of nitrogens with zero attached hydrogens (tertiary/aromatic N) is 1. The number of nitrogens with one attached hydrogen (secondary N) is 1. The molecule has 0 saturated carbocycles. The predicted octanol–water partition coefficient (Wildman–Crippen LogP) is 6.87. The quantitative estimate of drug-likeness (QED) is 0.138. The van der Waals surface area contributed by atoms with Crippen LogP contribution in [0, 0.1) is 0 Å². The summed E-state index contributed by atoms with van der Waals surface area (Å²) in [4.78, 5) is 12.5. The highest BCUT2D eigenvalue weighted by Crippen LogP contribution is 2.40. The maximum Gasteiger partial charge on any atom is 0.335 e. The van der Waals surface area contributed by atoms with Gasteiger partial charge in [-0.2, -0.15) is 0 Å². The lowest BCUT2D eigenvalue weighted by atomic mass is 9.81. The van der Waals surface area contributed by atoms with Crippen LogP contribution in [0.3, 0.4) is 0 Å². The fourth-order valence-corrected chi connectivity index (χ4v) is 5.36. The van der Waals surface area contributed by atoms with Gasteiger partial charge in [0.25, 0.3) is 0 Å². The molecule has 0 fully saturated rings. The van der Waals surface area contributed by atoms with Crippen molar-refractivity contribution in [1.82, 2.24) is 0 Å². The minimum atomic E-state index is -1.08. The lowest BCUT2D eigenvalue weighted by Gasteiger charge is -2.25. The number of halogens is 3. The van der Waals surface area contributed by atoms with Crippen LogP contribution in [0.4, 0.5) is 5.69 Å². The van der Waals surface area contributed by atoms with E-state index < -0.39 is 11.9 Å². The Morgan fingerprint density at radius 2 is 1.62 bits per heavy atom. The Balaban J connectivity index is 1.91. The van der Waals surface area contributed by atoms with Crippen molar-refractivity contribution in [3.63, 3.8) is 0 Å². The van der Waals surface area contributed by atoms with Gasteiger partial charge in [-0.3, -0.25) is 5.21 Å². The average molecular weight is 589 g/mol. The molecule has 202 valence electrons. The molecule has 0 bridgehead atoms. The van der Waals surface area contributed by atoms with Gasteiger partial charge >= 0.3 is 5.97 Å². The number of aromatic nitrogens is 1. The van der Waals surface area contributed by atoms with Gasteiger partial charge in [-0.05, 0) is 53.4 Å². The van der Waals surface area contributed by atoms with Crippen molar-refractivity contribution in [3.05, 3.63) is 116 Å². The van der Waals surface area contributed by atoms with Crippen LogP contribution in [0.1, 0.15) is 38.5 Å². The molecule has 7 nitrogen and oxygen atoms in total. The molecule has 0 aliphatic rings. The van der Waals surface area contributed by atoms with Gasteiger partial charge in [0.15, 0.2) is 11.5 Å². The molecule has 3 aromatic carbocycles. The SMILES string of the molecule is COc1ccc([C@H](Cc2c(Cl)c[n+](O)cc2Cl)c2c(CNc3ccccc3Cl)cccc2C(=O)O)cc1OC. The molecular formula is C29H26Cl3N2O5+. The smallest absolute Gasteiger partial charge is 0.335 e. The van der Waals surface area contributed by atoms with E-state index in [0.717, 1.165) is 21.5 Å².